The van der Waals surface area contributed by atoms with Crippen LogP contribution in [0.25, 0.3) is 0 Å². The van der Waals surface area contributed by atoms with Crippen LogP contribution in [0.5, 0.6) is 0 Å². The van der Waals surface area contributed by atoms with Gasteiger partial charge in [-0.3, -0.25) is 0 Å². The van der Waals surface area contributed by atoms with Gasteiger partial charge in [0.1, 0.15) is 10.0 Å². The molecular formula is C18H20Cl2N4O5S2. The van der Waals surface area contributed by atoms with E-state index < -0.39 is 22.0 Å². The molecule has 2 aromatic heterocycles. The Morgan fingerprint density at radius 3 is 2.52 bits per heavy atom. The zero-order valence-corrected chi connectivity index (χ0v) is 19.7. The van der Waals surface area contributed by atoms with Gasteiger partial charge in [-0.1, -0.05) is 30.1 Å². The maximum Gasteiger partial charge on any atom is 0.339 e. The van der Waals surface area contributed by atoms with Gasteiger partial charge in [0.15, 0.2) is 0 Å². The third kappa shape index (κ3) is 5.79. The van der Waals surface area contributed by atoms with Crippen LogP contribution in [0.15, 0.2) is 28.6 Å². The molecule has 3 heterocycles. The van der Waals surface area contributed by atoms with Crippen molar-refractivity contribution in [2.45, 2.75) is 17.6 Å². The monoisotopic (exact) mass is 506 g/mol. The lowest BCUT2D eigenvalue weighted by molar-refractivity contribution is 0.0504. The molecule has 31 heavy (non-hydrogen) atoms. The molecule has 13 heteroatoms. The average molecular weight is 507 g/mol. The second-order valence-corrected chi connectivity index (χ2v) is 10.6. The first-order chi connectivity index (χ1) is 14.7. The van der Waals surface area contributed by atoms with E-state index in [0.29, 0.717) is 41.3 Å². The van der Waals surface area contributed by atoms with E-state index in [1.54, 1.807) is 0 Å². The third-order valence-electron chi connectivity index (χ3n) is 4.40. The molecule has 1 N–H and O–H groups in total. The van der Waals surface area contributed by atoms with Crippen molar-refractivity contribution in [2.24, 2.45) is 0 Å². The molecule has 168 valence electrons. The Kier molecular flexibility index (Phi) is 7.63. The van der Waals surface area contributed by atoms with Crippen molar-refractivity contribution in [2.75, 3.05) is 37.7 Å². The lowest BCUT2D eigenvalue weighted by atomic mass is 10.2. The lowest BCUT2D eigenvalue weighted by Gasteiger charge is -2.35. The summed E-state index contributed by atoms with van der Waals surface area (Å²) in [7, 11) is -3.98. The number of carbonyl (C=O) groups excluding carboxylic acids is 2. The Bertz CT molecular complexity index is 1070. The molecule has 0 aromatic carbocycles. The van der Waals surface area contributed by atoms with Gasteiger partial charge in [-0.05, 0) is 24.6 Å². The Balaban J connectivity index is 1.59. The zero-order valence-electron chi connectivity index (χ0n) is 16.5. The van der Waals surface area contributed by atoms with Crippen LogP contribution in [-0.4, -0.2) is 63.1 Å². The average Bonchev–Trinajstić information content (AvgIpc) is 3.19. The molecule has 3 rings (SSSR count). The summed E-state index contributed by atoms with van der Waals surface area (Å²) in [5.74, 6) is -0.00727. The van der Waals surface area contributed by atoms with E-state index in [9.17, 15) is 18.0 Å². The van der Waals surface area contributed by atoms with Crippen molar-refractivity contribution in [1.82, 2.24) is 14.6 Å². The van der Waals surface area contributed by atoms with Gasteiger partial charge in [-0.2, -0.15) is 0 Å². The van der Waals surface area contributed by atoms with Crippen LogP contribution < -0.4 is 9.62 Å². The molecule has 0 unspecified atom stereocenters. The standard InChI is InChI=1S/C18H20Cl2N4O5S2/c1-2-9-29-17(25)12-10-13(19)16(21-11-12)23-5-7-24(8-6-23)18(26)22-31(27,28)15-4-3-14(20)30-15/h3-4,10-11H,2,5-9H2,1H3,(H,22,26). The quantitative estimate of drug-likeness (QED) is 0.598. The molecule has 0 atom stereocenters. The second-order valence-electron chi connectivity index (χ2n) is 6.61. The van der Waals surface area contributed by atoms with Gasteiger partial charge >= 0.3 is 12.0 Å². The van der Waals surface area contributed by atoms with Gasteiger partial charge in [-0.15, -0.1) is 11.3 Å². The van der Waals surface area contributed by atoms with Gasteiger partial charge in [-0.25, -0.2) is 27.7 Å². The first-order valence-electron chi connectivity index (χ1n) is 9.36. The number of anilines is 1. The molecule has 0 bridgehead atoms. The first kappa shape index (κ1) is 23.6. The van der Waals surface area contributed by atoms with Crippen LogP contribution in [0.2, 0.25) is 9.36 Å². The Morgan fingerprint density at radius 2 is 1.94 bits per heavy atom. The number of piperazine rings is 1. The molecule has 0 spiro atoms. The summed E-state index contributed by atoms with van der Waals surface area (Å²) < 4.78 is 32.0. The lowest BCUT2D eigenvalue weighted by Crippen LogP contribution is -2.53. The van der Waals surface area contributed by atoms with E-state index in [0.717, 1.165) is 11.3 Å². The second kappa shape index (κ2) is 10.0. The van der Waals surface area contributed by atoms with Gasteiger partial charge in [0.05, 0.1) is 21.5 Å². The predicted molar refractivity (Wildman–Crippen MR) is 119 cm³/mol. The van der Waals surface area contributed by atoms with E-state index >= 15 is 0 Å². The maximum absolute atomic E-state index is 12.4. The molecule has 0 radical (unpaired) electrons. The van der Waals surface area contributed by atoms with E-state index in [1.807, 2.05) is 11.8 Å². The van der Waals surface area contributed by atoms with E-state index in [2.05, 4.69) is 9.71 Å². The van der Waals surface area contributed by atoms with Crippen LogP contribution in [0, 0.1) is 0 Å². The highest BCUT2D eigenvalue weighted by Gasteiger charge is 2.27. The van der Waals surface area contributed by atoms with Gasteiger partial charge in [0, 0.05) is 32.4 Å². The van der Waals surface area contributed by atoms with Gasteiger partial charge in [0.2, 0.25) is 0 Å². The number of thiophene rings is 1. The molecular weight excluding hydrogens is 487 g/mol. The van der Waals surface area contributed by atoms with Crippen molar-refractivity contribution in [1.29, 1.82) is 0 Å². The minimum absolute atomic E-state index is 0.0296. The highest BCUT2D eigenvalue weighted by Crippen LogP contribution is 2.27. The number of sulfonamides is 1. The number of ether oxygens (including phenoxy) is 1. The number of carbonyl (C=O) groups is 2. The third-order valence-corrected chi connectivity index (χ3v) is 7.72. The Labute approximate surface area is 194 Å². The molecule has 2 aromatic rings. The summed E-state index contributed by atoms with van der Waals surface area (Å²) in [5.41, 5.74) is 0.263. The van der Waals surface area contributed by atoms with Gasteiger partial charge < -0.3 is 14.5 Å². The number of halogens is 2. The number of nitrogens with one attached hydrogen (secondary N) is 1. The highest BCUT2D eigenvalue weighted by molar-refractivity contribution is 7.92. The van der Waals surface area contributed by atoms with Crippen molar-refractivity contribution >= 4 is 62.4 Å². The fraction of sp³-hybridized carbons (Fsp3) is 0.389. The van der Waals surface area contributed by atoms with Crippen LogP contribution >= 0.6 is 34.5 Å². The largest absolute Gasteiger partial charge is 0.462 e. The molecule has 0 saturated carbocycles. The first-order valence-corrected chi connectivity index (χ1v) is 12.4. The number of esters is 1. The van der Waals surface area contributed by atoms with Crippen molar-refractivity contribution in [3.05, 3.63) is 39.3 Å². The van der Waals surface area contributed by atoms with Crippen LogP contribution in [0.1, 0.15) is 23.7 Å². The molecule has 0 aliphatic carbocycles. The number of amides is 2. The summed E-state index contributed by atoms with van der Waals surface area (Å²) in [6.45, 7) is 3.54. The summed E-state index contributed by atoms with van der Waals surface area (Å²) in [6.07, 6.45) is 2.11. The number of rotatable bonds is 6. The predicted octanol–water partition coefficient (Wildman–Crippen LogP) is 3.24. The SMILES string of the molecule is CCCOC(=O)c1cnc(N2CCN(C(=O)NS(=O)(=O)c3ccc(Cl)s3)CC2)c(Cl)c1. The summed E-state index contributed by atoms with van der Waals surface area (Å²) >= 11 is 12.9. The van der Waals surface area contributed by atoms with E-state index in [4.69, 9.17) is 27.9 Å². The van der Waals surface area contributed by atoms with Crippen LogP contribution in [0.4, 0.5) is 10.6 Å². The van der Waals surface area contributed by atoms with Crippen LogP contribution in [-0.2, 0) is 14.8 Å². The Morgan fingerprint density at radius 1 is 1.23 bits per heavy atom. The number of pyridine rings is 1. The Hall–Kier alpha value is -2.08. The molecule has 1 aliphatic heterocycles. The highest BCUT2D eigenvalue weighted by atomic mass is 35.5. The number of urea groups is 1. The fourth-order valence-electron chi connectivity index (χ4n) is 2.85. The minimum atomic E-state index is -3.98. The minimum Gasteiger partial charge on any atom is -0.462 e. The van der Waals surface area contributed by atoms with E-state index in [-0.39, 0.29) is 22.9 Å². The summed E-state index contributed by atoms with van der Waals surface area (Å²) in [5, 5.41) is 0.293. The zero-order chi connectivity index (χ0) is 22.6. The number of hydrogen-bond donors (Lipinski definition) is 1. The summed E-state index contributed by atoms with van der Waals surface area (Å²) in [6, 6.07) is 3.59. The van der Waals surface area contributed by atoms with Crippen molar-refractivity contribution in [3.63, 3.8) is 0 Å². The van der Waals surface area contributed by atoms with E-state index in [1.165, 1.54) is 29.3 Å². The normalized spacial score (nSPS) is 14.4. The molecule has 1 saturated heterocycles. The number of aromatic nitrogens is 1. The van der Waals surface area contributed by atoms with Crippen molar-refractivity contribution < 1.29 is 22.7 Å². The number of nitrogens with zero attached hydrogens (tertiary/aromatic N) is 3. The van der Waals surface area contributed by atoms with Crippen molar-refractivity contribution in [3.8, 4) is 0 Å². The molecule has 1 fully saturated rings. The summed E-state index contributed by atoms with van der Waals surface area (Å²) in [4.78, 5) is 31.9. The fourth-order valence-corrected chi connectivity index (χ4v) is 5.59. The molecule has 1 aliphatic rings. The topological polar surface area (TPSA) is 109 Å². The molecule has 2 amide bonds. The molecule has 9 nitrogen and oxygen atoms in total. The maximum atomic E-state index is 12.4. The van der Waals surface area contributed by atoms with Gasteiger partial charge in [0.25, 0.3) is 10.0 Å². The number of hydrogen-bond acceptors (Lipinski definition) is 8. The smallest absolute Gasteiger partial charge is 0.339 e. The van der Waals surface area contributed by atoms with Crippen LogP contribution in [0.3, 0.4) is 0 Å².